The van der Waals surface area contributed by atoms with Crippen LogP contribution >= 0.6 is 0 Å². The third-order valence-corrected chi connectivity index (χ3v) is 8.24. The normalized spacial score (nSPS) is 15.0. The predicted molar refractivity (Wildman–Crippen MR) is 173 cm³/mol. The summed E-state index contributed by atoms with van der Waals surface area (Å²) < 4.78 is 32.3. The number of hydrogen-bond acceptors (Lipinski definition) is 7. The second-order valence-corrected chi connectivity index (χ2v) is 12.0. The topological polar surface area (TPSA) is 112 Å². The number of nitrogens with zero attached hydrogens (tertiary/aromatic N) is 6. The zero-order valence-corrected chi connectivity index (χ0v) is 26.6. The summed E-state index contributed by atoms with van der Waals surface area (Å²) in [4.78, 5) is 53.3. The van der Waals surface area contributed by atoms with E-state index < -0.39 is 34.3 Å². The van der Waals surface area contributed by atoms with Crippen LogP contribution in [-0.4, -0.2) is 81.0 Å². The van der Waals surface area contributed by atoms with Crippen LogP contribution < -0.4 is 10.6 Å². The summed E-state index contributed by atoms with van der Waals surface area (Å²) >= 11 is 0. The minimum absolute atomic E-state index is 0.0115. The smallest absolute Gasteiger partial charge is 0.355 e. The molecule has 2 aromatic heterocycles. The Morgan fingerprint density at radius 3 is 2.43 bits per heavy atom. The Morgan fingerprint density at radius 1 is 1.11 bits per heavy atom. The molecule has 0 unspecified atom stereocenters. The van der Waals surface area contributed by atoms with Crippen LogP contribution in [0.5, 0.6) is 5.75 Å². The van der Waals surface area contributed by atoms with Gasteiger partial charge in [0.25, 0.3) is 5.91 Å². The van der Waals surface area contributed by atoms with Gasteiger partial charge in [0, 0.05) is 45.3 Å². The van der Waals surface area contributed by atoms with Gasteiger partial charge in [0.05, 0.1) is 16.6 Å². The molecule has 12 heteroatoms. The highest BCUT2D eigenvalue weighted by atomic mass is 19.1. The predicted octanol–water partition coefficient (Wildman–Crippen LogP) is 4.79. The van der Waals surface area contributed by atoms with Gasteiger partial charge in [-0.15, -0.1) is 0 Å². The van der Waals surface area contributed by atoms with Gasteiger partial charge in [-0.05, 0) is 67.3 Å². The summed E-state index contributed by atoms with van der Waals surface area (Å²) in [5, 5.41) is 10.7. The molecule has 0 spiro atoms. The van der Waals surface area contributed by atoms with Crippen molar-refractivity contribution in [3.63, 3.8) is 0 Å². The van der Waals surface area contributed by atoms with Crippen LogP contribution in [0.15, 0.2) is 53.8 Å². The summed E-state index contributed by atoms with van der Waals surface area (Å²) in [7, 11) is 3.29. The molecule has 240 valence electrons. The van der Waals surface area contributed by atoms with Crippen molar-refractivity contribution in [2.24, 2.45) is 0 Å². The van der Waals surface area contributed by atoms with Gasteiger partial charge in [0.15, 0.2) is 11.5 Å². The first-order valence-corrected chi connectivity index (χ1v) is 14.9. The zero-order chi connectivity index (χ0) is 33.6. The van der Waals surface area contributed by atoms with Crippen LogP contribution in [0.3, 0.4) is 0 Å². The molecule has 10 nitrogen and oxygen atoms in total. The average Bonchev–Trinajstić information content (AvgIpc) is 3.00. The van der Waals surface area contributed by atoms with Crippen LogP contribution in [-0.2, 0) is 4.79 Å². The van der Waals surface area contributed by atoms with Crippen molar-refractivity contribution >= 4 is 28.7 Å². The molecular formula is C34H36F2N6O4. The van der Waals surface area contributed by atoms with Crippen molar-refractivity contribution in [3.8, 4) is 22.7 Å². The monoisotopic (exact) mass is 630 g/mol. The maximum Gasteiger partial charge on any atom is 0.355 e. The van der Waals surface area contributed by atoms with Crippen LogP contribution in [0.4, 0.5) is 14.6 Å². The number of pyridine rings is 1. The Balaban J connectivity index is 1.85. The van der Waals surface area contributed by atoms with E-state index in [1.54, 1.807) is 38.1 Å². The molecule has 0 aliphatic carbocycles. The van der Waals surface area contributed by atoms with Gasteiger partial charge in [-0.2, -0.15) is 4.98 Å². The Kier molecular flexibility index (Phi) is 8.66. The molecule has 2 amide bonds. The molecule has 1 aliphatic heterocycles. The first-order valence-electron chi connectivity index (χ1n) is 14.9. The maximum absolute atomic E-state index is 16.0. The number of aromatic hydroxyl groups is 1. The molecular weight excluding hydrogens is 594 g/mol. The third-order valence-electron chi connectivity index (χ3n) is 8.24. The quantitative estimate of drug-likeness (QED) is 0.305. The number of rotatable bonds is 6. The number of benzene rings is 2. The molecule has 3 heterocycles. The second-order valence-electron chi connectivity index (χ2n) is 12.0. The summed E-state index contributed by atoms with van der Waals surface area (Å²) in [6, 6.07) is 7.81. The van der Waals surface area contributed by atoms with E-state index in [0.717, 1.165) is 12.1 Å². The third kappa shape index (κ3) is 5.59. The van der Waals surface area contributed by atoms with Crippen molar-refractivity contribution < 1.29 is 23.5 Å². The van der Waals surface area contributed by atoms with E-state index in [9.17, 15) is 19.5 Å². The summed E-state index contributed by atoms with van der Waals surface area (Å²) in [5.74, 6) is -2.80. The minimum Gasteiger partial charge on any atom is -0.507 e. The molecule has 5 rings (SSSR count). The SMILES string of the molecule is C=CC(=O)N1CCN(c2nc(=O)n(-c3c(C)cc(C(=O)N(C)C)cc3C(C)C)c3nc(-c4c(O)cccc4F)c(F)cc23)[C@@H](C)C1. The van der Waals surface area contributed by atoms with E-state index in [-0.39, 0.29) is 40.6 Å². The summed E-state index contributed by atoms with van der Waals surface area (Å²) in [6.07, 6.45) is 1.24. The standard InChI is InChI=1S/C34H36F2N6O4/c1-8-27(44)40-12-13-41(20(5)17-40)31-23-16-25(36)29(28-24(35)10-9-11-26(28)43)37-32(23)42(34(46)38-31)30-19(4)14-21(33(45)39(6)7)15-22(30)18(2)3/h8-11,14-16,18,20,43H,1,12-13,17H2,2-7H3/t20-/m0/s1. The van der Waals surface area contributed by atoms with Crippen molar-refractivity contribution in [3.05, 3.63) is 87.9 Å². The zero-order valence-electron chi connectivity index (χ0n) is 26.6. The van der Waals surface area contributed by atoms with Gasteiger partial charge >= 0.3 is 5.69 Å². The number of carbonyl (C=O) groups is 2. The number of anilines is 1. The fourth-order valence-electron chi connectivity index (χ4n) is 5.98. The number of aromatic nitrogens is 3. The first kappa shape index (κ1) is 32.3. The number of hydrogen-bond donors (Lipinski definition) is 1. The highest BCUT2D eigenvalue weighted by Crippen LogP contribution is 2.37. The van der Waals surface area contributed by atoms with Crippen molar-refractivity contribution in [1.29, 1.82) is 0 Å². The fraction of sp³-hybridized carbons (Fsp3) is 0.324. The number of phenols is 1. The van der Waals surface area contributed by atoms with Gasteiger partial charge in [-0.3, -0.25) is 9.59 Å². The molecule has 2 aromatic carbocycles. The van der Waals surface area contributed by atoms with E-state index in [1.165, 1.54) is 27.7 Å². The highest BCUT2D eigenvalue weighted by molar-refractivity contribution is 5.95. The molecule has 1 aliphatic rings. The lowest BCUT2D eigenvalue weighted by Gasteiger charge is -2.40. The van der Waals surface area contributed by atoms with Crippen LogP contribution in [0.1, 0.15) is 48.2 Å². The molecule has 1 fully saturated rings. The number of carbonyl (C=O) groups excluding carboxylic acids is 2. The van der Waals surface area contributed by atoms with Gasteiger partial charge < -0.3 is 19.8 Å². The second kappa shape index (κ2) is 12.3. The van der Waals surface area contributed by atoms with Gasteiger partial charge in [0.1, 0.15) is 23.1 Å². The lowest BCUT2D eigenvalue weighted by atomic mass is 9.94. The lowest BCUT2D eigenvalue weighted by Crippen LogP contribution is -2.54. The van der Waals surface area contributed by atoms with E-state index in [4.69, 9.17) is 0 Å². The molecule has 0 saturated carbocycles. The number of halogens is 2. The Labute approximate surface area is 265 Å². The van der Waals surface area contributed by atoms with E-state index >= 15 is 8.78 Å². The van der Waals surface area contributed by atoms with Crippen molar-refractivity contribution in [2.75, 3.05) is 38.6 Å². The van der Waals surface area contributed by atoms with Gasteiger partial charge in [-0.1, -0.05) is 26.5 Å². The van der Waals surface area contributed by atoms with Crippen LogP contribution in [0.2, 0.25) is 0 Å². The summed E-state index contributed by atoms with van der Waals surface area (Å²) in [6.45, 7) is 11.9. The molecule has 1 saturated heterocycles. The van der Waals surface area contributed by atoms with E-state index in [1.807, 2.05) is 25.7 Å². The number of amides is 2. The van der Waals surface area contributed by atoms with Crippen LogP contribution in [0.25, 0.3) is 28.0 Å². The molecule has 1 N–H and O–H groups in total. The molecule has 4 aromatic rings. The maximum atomic E-state index is 16.0. The Morgan fingerprint density at radius 2 is 1.83 bits per heavy atom. The van der Waals surface area contributed by atoms with Gasteiger partial charge in [0.2, 0.25) is 5.91 Å². The number of fused-ring (bicyclic) bond motifs is 1. The number of aryl methyl sites for hydroxylation is 1. The van der Waals surface area contributed by atoms with Crippen LogP contribution in [0, 0.1) is 18.6 Å². The molecule has 0 bridgehead atoms. The number of phenolic OH excluding ortho intramolecular Hbond substituents is 1. The highest BCUT2D eigenvalue weighted by Gasteiger charge is 2.31. The minimum atomic E-state index is -0.929. The molecule has 0 radical (unpaired) electrons. The first-order chi connectivity index (χ1) is 21.7. The lowest BCUT2D eigenvalue weighted by molar-refractivity contribution is -0.126. The van der Waals surface area contributed by atoms with E-state index in [0.29, 0.717) is 42.0 Å². The Hall–Kier alpha value is -5.13. The summed E-state index contributed by atoms with van der Waals surface area (Å²) in [5.41, 5.74) is 0.393. The average molecular weight is 631 g/mol. The van der Waals surface area contributed by atoms with E-state index in [2.05, 4.69) is 16.5 Å². The van der Waals surface area contributed by atoms with Crippen molar-refractivity contribution in [1.82, 2.24) is 24.3 Å². The fourth-order valence-corrected chi connectivity index (χ4v) is 5.98. The van der Waals surface area contributed by atoms with Crippen molar-refractivity contribution in [2.45, 2.75) is 39.7 Å². The van der Waals surface area contributed by atoms with Gasteiger partial charge in [-0.25, -0.2) is 23.1 Å². The molecule has 46 heavy (non-hydrogen) atoms. The largest absolute Gasteiger partial charge is 0.507 e. The number of piperazine rings is 1. The Bertz CT molecular complexity index is 1930. The molecule has 1 atom stereocenters.